The summed E-state index contributed by atoms with van der Waals surface area (Å²) in [5.41, 5.74) is 2.73. The normalized spacial score (nSPS) is 12.4. The van der Waals surface area contributed by atoms with Gasteiger partial charge in [-0.15, -0.1) is 0 Å². The molecule has 0 saturated heterocycles. The van der Waals surface area contributed by atoms with E-state index in [4.69, 9.17) is 23.2 Å². The molecule has 0 radical (unpaired) electrons. The summed E-state index contributed by atoms with van der Waals surface area (Å²) in [4.78, 5) is 14.8. The average Bonchev–Trinajstić information content (AvgIpc) is 2.98. The van der Waals surface area contributed by atoms with Crippen molar-refractivity contribution < 1.29 is 9.90 Å². The number of carboxylic acid groups (broad SMARTS) is 1. The Hall–Kier alpha value is -2.01. The fraction of sp³-hybridized carbons (Fsp3) is 0.167. The molecule has 0 bridgehead atoms. The number of para-hydroxylation sites is 1. The highest BCUT2D eigenvalue weighted by Gasteiger charge is 2.19. The zero-order chi connectivity index (χ0) is 17.1. The van der Waals surface area contributed by atoms with E-state index >= 15 is 0 Å². The molecule has 1 aromatic heterocycles. The predicted octanol–water partition coefficient (Wildman–Crippen LogP) is 4.26. The van der Waals surface area contributed by atoms with E-state index in [1.807, 2.05) is 36.5 Å². The molecule has 1 unspecified atom stereocenters. The van der Waals surface area contributed by atoms with Crippen LogP contribution in [-0.2, 0) is 17.8 Å². The number of benzene rings is 2. The molecule has 0 spiro atoms. The van der Waals surface area contributed by atoms with Gasteiger partial charge in [0, 0.05) is 30.1 Å². The van der Waals surface area contributed by atoms with E-state index in [0.29, 0.717) is 23.0 Å². The largest absolute Gasteiger partial charge is 0.480 e. The van der Waals surface area contributed by atoms with Crippen molar-refractivity contribution in [1.29, 1.82) is 0 Å². The fourth-order valence-electron chi connectivity index (χ4n) is 2.69. The van der Waals surface area contributed by atoms with Gasteiger partial charge in [0.15, 0.2) is 0 Å². The molecule has 0 amide bonds. The average molecular weight is 363 g/mol. The molecule has 0 fully saturated rings. The number of nitrogens with one attached hydrogen (secondary N) is 2. The summed E-state index contributed by atoms with van der Waals surface area (Å²) in [6.45, 7) is 0.332. The molecule has 0 aliphatic rings. The van der Waals surface area contributed by atoms with E-state index in [1.54, 1.807) is 12.1 Å². The monoisotopic (exact) mass is 362 g/mol. The van der Waals surface area contributed by atoms with Crippen LogP contribution in [0.3, 0.4) is 0 Å². The standard InChI is InChI=1S/C18H16Cl2N2O2/c19-14-6-3-4-11(17(14)20)9-22-16(18(23)24)8-12-10-21-15-7-2-1-5-13(12)15/h1-7,10,16,21-22H,8-9H2,(H,23,24). The second-order valence-electron chi connectivity index (χ2n) is 5.55. The van der Waals surface area contributed by atoms with Crippen molar-refractivity contribution in [2.45, 2.75) is 19.0 Å². The zero-order valence-corrected chi connectivity index (χ0v) is 14.2. The number of aromatic amines is 1. The predicted molar refractivity (Wildman–Crippen MR) is 96.7 cm³/mol. The van der Waals surface area contributed by atoms with Gasteiger partial charge in [-0.05, 0) is 23.3 Å². The Morgan fingerprint density at radius 3 is 2.71 bits per heavy atom. The van der Waals surface area contributed by atoms with Gasteiger partial charge < -0.3 is 10.1 Å². The number of hydrogen-bond donors (Lipinski definition) is 3. The summed E-state index contributed by atoms with van der Waals surface area (Å²) in [6.07, 6.45) is 2.23. The summed E-state index contributed by atoms with van der Waals surface area (Å²) in [5.74, 6) is -0.904. The number of aliphatic carboxylic acids is 1. The van der Waals surface area contributed by atoms with Crippen molar-refractivity contribution in [2.24, 2.45) is 0 Å². The molecule has 6 heteroatoms. The number of hydrogen-bond acceptors (Lipinski definition) is 2. The van der Waals surface area contributed by atoms with Gasteiger partial charge in [0.25, 0.3) is 0 Å². The third kappa shape index (κ3) is 3.56. The first-order valence-electron chi connectivity index (χ1n) is 7.50. The Morgan fingerprint density at radius 2 is 1.92 bits per heavy atom. The van der Waals surface area contributed by atoms with Crippen molar-refractivity contribution in [2.75, 3.05) is 0 Å². The molecule has 0 aliphatic carbocycles. The maximum absolute atomic E-state index is 11.6. The first kappa shape index (κ1) is 16.8. The molecule has 2 aromatic carbocycles. The van der Waals surface area contributed by atoms with Gasteiger partial charge in [0.2, 0.25) is 0 Å². The number of H-pyrrole nitrogens is 1. The molecule has 4 nitrogen and oxygen atoms in total. The van der Waals surface area contributed by atoms with Crippen LogP contribution in [0.1, 0.15) is 11.1 Å². The van der Waals surface area contributed by atoms with Crippen LogP contribution in [0, 0.1) is 0 Å². The van der Waals surface area contributed by atoms with E-state index in [-0.39, 0.29) is 0 Å². The molecule has 3 N–H and O–H groups in total. The van der Waals surface area contributed by atoms with Gasteiger partial charge >= 0.3 is 5.97 Å². The smallest absolute Gasteiger partial charge is 0.321 e. The summed E-state index contributed by atoms with van der Waals surface area (Å²) in [5, 5.41) is 14.5. The summed E-state index contributed by atoms with van der Waals surface area (Å²) in [7, 11) is 0. The third-order valence-corrected chi connectivity index (χ3v) is 4.83. The Balaban J connectivity index is 1.76. The molecular weight excluding hydrogens is 347 g/mol. The molecule has 3 aromatic rings. The molecule has 0 saturated carbocycles. The highest BCUT2D eigenvalue weighted by atomic mass is 35.5. The molecular formula is C18H16Cl2N2O2. The summed E-state index contributed by atoms with van der Waals surface area (Å²) < 4.78 is 0. The minimum absolute atomic E-state index is 0.332. The van der Waals surface area contributed by atoms with Gasteiger partial charge in [0.1, 0.15) is 6.04 Å². The molecule has 1 heterocycles. The van der Waals surface area contributed by atoms with Crippen LogP contribution < -0.4 is 5.32 Å². The molecule has 1 atom stereocenters. The number of halogens is 2. The summed E-state index contributed by atoms with van der Waals surface area (Å²) >= 11 is 12.1. The van der Waals surface area contributed by atoms with E-state index < -0.39 is 12.0 Å². The highest BCUT2D eigenvalue weighted by Crippen LogP contribution is 2.25. The molecule has 24 heavy (non-hydrogen) atoms. The Labute approximate surface area is 149 Å². The van der Waals surface area contributed by atoms with Crippen LogP contribution in [0.5, 0.6) is 0 Å². The minimum atomic E-state index is -0.904. The first-order valence-corrected chi connectivity index (χ1v) is 8.26. The van der Waals surface area contributed by atoms with Crippen LogP contribution in [-0.4, -0.2) is 22.1 Å². The van der Waals surface area contributed by atoms with Gasteiger partial charge in [-0.3, -0.25) is 10.1 Å². The molecule has 3 rings (SSSR count). The Morgan fingerprint density at radius 1 is 1.12 bits per heavy atom. The lowest BCUT2D eigenvalue weighted by Gasteiger charge is -2.15. The lowest BCUT2D eigenvalue weighted by Crippen LogP contribution is -2.38. The molecule has 0 aliphatic heterocycles. The van der Waals surface area contributed by atoms with Crippen LogP contribution in [0.15, 0.2) is 48.7 Å². The van der Waals surface area contributed by atoms with Gasteiger partial charge in [-0.25, -0.2) is 0 Å². The van der Waals surface area contributed by atoms with E-state index in [2.05, 4.69) is 10.3 Å². The van der Waals surface area contributed by atoms with Gasteiger partial charge in [-0.1, -0.05) is 53.5 Å². The highest BCUT2D eigenvalue weighted by molar-refractivity contribution is 6.42. The number of rotatable bonds is 6. The van der Waals surface area contributed by atoms with Crippen molar-refractivity contribution >= 4 is 40.1 Å². The number of aromatic nitrogens is 1. The lowest BCUT2D eigenvalue weighted by molar-refractivity contribution is -0.139. The summed E-state index contributed by atoms with van der Waals surface area (Å²) in [6, 6.07) is 12.4. The Bertz CT molecular complexity index is 876. The van der Waals surface area contributed by atoms with E-state index in [9.17, 15) is 9.90 Å². The van der Waals surface area contributed by atoms with Crippen LogP contribution in [0.25, 0.3) is 10.9 Å². The Kier molecular flexibility index (Phi) is 5.09. The fourth-order valence-corrected chi connectivity index (χ4v) is 3.07. The quantitative estimate of drug-likeness (QED) is 0.613. The SMILES string of the molecule is O=C(O)C(Cc1c[nH]c2ccccc12)NCc1cccc(Cl)c1Cl. The van der Waals surface area contributed by atoms with Crippen molar-refractivity contribution in [3.8, 4) is 0 Å². The second-order valence-corrected chi connectivity index (χ2v) is 6.33. The maximum Gasteiger partial charge on any atom is 0.321 e. The van der Waals surface area contributed by atoms with E-state index in [1.165, 1.54) is 0 Å². The topological polar surface area (TPSA) is 65.1 Å². The number of carboxylic acids is 1. The van der Waals surface area contributed by atoms with Gasteiger partial charge in [0.05, 0.1) is 10.0 Å². The number of carbonyl (C=O) groups is 1. The number of fused-ring (bicyclic) bond motifs is 1. The van der Waals surface area contributed by atoms with Crippen LogP contribution >= 0.6 is 23.2 Å². The first-order chi connectivity index (χ1) is 11.6. The second kappa shape index (κ2) is 7.26. The zero-order valence-electron chi connectivity index (χ0n) is 12.7. The van der Waals surface area contributed by atoms with Crippen molar-refractivity contribution in [3.05, 3.63) is 69.8 Å². The third-order valence-electron chi connectivity index (χ3n) is 3.97. The molecule has 124 valence electrons. The van der Waals surface area contributed by atoms with E-state index in [0.717, 1.165) is 22.0 Å². The maximum atomic E-state index is 11.6. The van der Waals surface area contributed by atoms with Crippen molar-refractivity contribution in [1.82, 2.24) is 10.3 Å². The van der Waals surface area contributed by atoms with Gasteiger partial charge in [-0.2, -0.15) is 0 Å². The van der Waals surface area contributed by atoms with Crippen LogP contribution in [0.2, 0.25) is 10.0 Å². The lowest BCUT2D eigenvalue weighted by atomic mass is 10.0. The van der Waals surface area contributed by atoms with Crippen molar-refractivity contribution in [3.63, 3.8) is 0 Å². The minimum Gasteiger partial charge on any atom is -0.480 e. The van der Waals surface area contributed by atoms with Crippen LogP contribution in [0.4, 0.5) is 0 Å².